The number of aromatic nitrogens is 9. The summed E-state index contributed by atoms with van der Waals surface area (Å²) in [6.07, 6.45) is 11.9. The number of nitrogens with zero attached hydrogens (tertiary/aromatic N) is 6. The molecule has 0 unspecified atom stereocenters. The van der Waals surface area contributed by atoms with Gasteiger partial charge in [0, 0.05) is 125 Å². The summed E-state index contributed by atoms with van der Waals surface area (Å²) in [6, 6.07) is 77.5. The molecule has 0 fully saturated rings. The van der Waals surface area contributed by atoms with Crippen LogP contribution in [0.25, 0.3) is 144 Å². The van der Waals surface area contributed by atoms with Crippen LogP contribution in [0.15, 0.2) is 326 Å². The molecule has 582 valence electrons. The summed E-state index contributed by atoms with van der Waals surface area (Å²) in [5.74, 6) is 1.71. The van der Waals surface area contributed by atoms with Crippen LogP contribution in [0.1, 0.15) is 72.0 Å². The Morgan fingerprint density at radius 1 is 0.400 bits per heavy atom. The van der Waals surface area contributed by atoms with E-state index in [4.69, 9.17) is 38.7 Å². The van der Waals surface area contributed by atoms with Crippen molar-refractivity contribution < 1.29 is 53.6 Å². The topological polar surface area (TPSA) is 282 Å². The molecule has 0 saturated carbocycles. The number of esters is 2. The predicted octanol–water partition coefficient (Wildman–Crippen LogP) is 23.7. The smallest absolute Gasteiger partial charge is 0.356 e. The Bertz CT molecular complexity index is 6900. The number of furan rings is 4. The molecule has 0 radical (unpaired) electrons. The Morgan fingerprint density at radius 3 is 1.33 bits per heavy atom. The minimum absolute atomic E-state index is 0. The van der Waals surface area contributed by atoms with Gasteiger partial charge in [-0.2, -0.15) is 0 Å². The van der Waals surface area contributed by atoms with Gasteiger partial charge in [-0.25, -0.2) is 54.3 Å². The number of carbonyl (C=O) groups is 2. The number of ether oxygens (including phenoxy) is 2. The minimum atomic E-state index is -4.12. The number of hydrogen-bond donors (Lipinski definition) is 3. The second-order valence-electron chi connectivity index (χ2n) is 24.8. The number of carbonyl (C=O) groups excluding carboxylic acids is 2. The van der Waals surface area contributed by atoms with Gasteiger partial charge in [-0.1, -0.05) is 164 Å². The zero-order valence-electron chi connectivity index (χ0n) is 58.5. The van der Waals surface area contributed by atoms with Crippen LogP contribution in [0.2, 0.25) is 5.02 Å². The standard InChI is InChI=1S/C24H18N2O5S.C21H14N2O3S.C18H14N2O3.C15H10N2O.C8H6ClN.5CH4/c1-2-30-24(27)20-15-19-18(22-14-16-8-6-7-11-21(16)31-22)12-13-25-23(19)26(20)32(28,29)17-9-4-3-5-10-17;24-27(25,16-7-2-1-3-8-16)23-13-11-18-17(10-12-22-21(18)23)20-14-15-6-4-5-9-19(15)26-20;1-2-22-18(21)14-10-13-12(7-8-19-17(13)20-14)16-9-11-5-3-4-6-15(11)23-16;1-2-4-13-10(3-1)9-14(18-13)11-5-7-16-15-12(11)6-8-17-15;9-7-2-1-3-8-6(7)4-5-10-8;;;;;/h3-15H,2H2,1H3;1-14H;3-10H,2H2,1H3,(H,19,20);1-9H,(H,16,17);1-5,10H;5*1H4. The Hall–Kier alpha value is -13.9. The Labute approximate surface area is 668 Å². The fraction of sp³-hybridized carbons (Fsp3) is 0.0989. The molecular formula is C91H82ClN9O12S2. The molecule has 21 nitrogen and oxygen atoms in total. The zero-order chi connectivity index (χ0) is 75.5. The van der Waals surface area contributed by atoms with Crippen LogP contribution in [-0.2, 0) is 29.5 Å². The van der Waals surface area contributed by atoms with Crippen molar-refractivity contribution in [3.05, 3.63) is 315 Å². The maximum atomic E-state index is 13.5. The van der Waals surface area contributed by atoms with Gasteiger partial charge in [-0.15, -0.1) is 0 Å². The first-order valence-corrected chi connectivity index (χ1v) is 38.0. The average molecular weight is 1590 g/mol. The number of nitrogens with one attached hydrogen (secondary N) is 3. The SMILES string of the molecule is C.C.C.C.C.CCOC(=O)c1cc2c(-c3cc4ccccc4o3)ccnc2[nH]1.CCOC(=O)c1cc2c(-c3cc4ccccc4o3)ccnc2n1S(=O)(=O)c1ccccc1.Clc1cccc2[nH]ccc12.O=S(=O)(c1ccccc1)n1ccc2c(-c3cc4ccccc4o3)ccnc21.c1ccc2oc(-c3ccnc4[nH]ccc34)cc2c1. The fourth-order valence-corrected chi connectivity index (χ4v) is 16.0. The van der Waals surface area contributed by atoms with Gasteiger partial charge in [0.2, 0.25) is 0 Å². The lowest BCUT2D eigenvalue weighted by Gasteiger charge is -2.11. The van der Waals surface area contributed by atoms with Crippen LogP contribution in [-0.4, -0.2) is 84.8 Å². The second kappa shape index (κ2) is 35.2. The van der Waals surface area contributed by atoms with Gasteiger partial charge in [-0.3, -0.25) is 0 Å². The van der Waals surface area contributed by atoms with Crippen molar-refractivity contribution in [3.8, 4) is 45.3 Å². The van der Waals surface area contributed by atoms with Crippen molar-refractivity contribution in [1.29, 1.82) is 0 Å². The number of aromatic amines is 3. The summed E-state index contributed by atoms with van der Waals surface area (Å²) in [7, 11) is -7.84. The third-order valence-electron chi connectivity index (χ3n) is 18.1. The quantitative estimate of drug-likeness (QED) is 0.0958. The summed E-state index contributed by atoms with van der Waals surface area (Å²) >= 11 is 5.88. The van der Waals surface area contributed by atoms with Crippen LogP contribution in [0.5, 0.6) is 0 Å². The number of pyridine rings is 4. The molecule has 0 atom stereocenters. The molecule has 0 spiro atoms. The number of H-pyrrole nitrogens is 3. The highest BCUT2D eigenvalue weighted by Crippen LogP contribution is 2.39. The number of fused-ring (bicyclic) bond motifs is 9. The number of rotatable bonds is 12. The van der Waals surface area contributed by atoms with E-state index in [1.807, 2.05) is 170 Å². The predicted molar refractivity (Wildman–Crippen MR) is 459 cm³/mol. The second-order valence-corrected chi connectivity index (χ2v) is 28.9. The van der Waals surface area contributed by atoms with Crippen LogP contribution in [0, 0.1) is 0 Å². The van der Waals surface area contributed by atoms with Crippen molar-refractivity contribution in [3.63, 3.8) is 0 Å². The Balaban J connectivity index is 0.000000145. The van der Waals surface area contributed by atoms with Crippen LogP contribution >= 0.6 is 11.6 Å². The molecule has 0 saturated heterocycles. The van der Waals surface area contributed by atoms with Crippen LogP contribution in [0.4, 0.5) is 0 Å². The molecule has 115 heavy (non-hydrogen) atoms. The monoisotopic (exact) mass is 1590 g/mol. The van der Waals surface area contributed by atoms with Crippen molar-refractivity contribution in [2.24, 2.45) is 0 Å². The lowest BCUT2D eigenvalue weighted by atomic mass is 10.1. The van der Waals surface area contributed by atoms with Gasteiger partial charge in [-0.05, 0) is 153 Å². The number of halogens is 1. The normalized spacial score (nSPS) is 11.0. The molecule has 20 aromatic rings. The molecule has 13 heterocycles. The van der Waals surface area contributed by atoms with E-state index < -0.39 is 26.0 Å². The van der Waals surface area contributed by atoms with Gasteiger partial charge in [0.05, 0.1) is 23.0 Å². The van der Waals surface area contributed by atoms with Crippen LogP contribution in [0.3, 0.4) is 0 Å². The molecule has 0 aliphatic heterocycles. The number of hydrogen-bond acceptors (Lipinski definition) is 16. The van der Waals surface area contributed by atoms with Crippen molar-refractivity contribution in [2.45, 2.75) is 60.8 Å². The molecule has 0 aliphatic carbocycles. The first-order valence-electron chi connectivity index (χ1n) is 34.7. The summed E-state index contributed by atoms with van der Waals surface area (Å²) in [4.78, 5) is 51.3. The molecule has 7 aromatic carbocycles. The van der Waals surface area contributed by atoms with E-state index in [0.717, 1.165) is 108 Å². The maximum Gasteiger partial charge on any atom is 0.356 e. The first kappa shape index (κ1) is 82.1. The van der Waals surface area contributed by atoms with E-state index >= 15 is 0 Å². The van der Waals surface area contributed by atoms with E-state index in [0.29, 0.717) is 51.6 Å². The van der Waals surface area contributed by atoms with E-state index in [2.05, 4.69) is 47.0 Å². The van der Waals surface area contributed by atoms with Crippen molar-refractivity contribution in [1.82, 2.24) is 42.8 Å². The van der Waals surface area contributed by atoms with Crippen LogP contribution < -0.4 is 0 Å². The highest BCUT2D eigenvalue weighted by Gasteiger charge is 2.30. The summed E-state index contributed by atoms with van der Waals surface area (Å²) in [5.41, 5.74) is 9.97. The average Bonchev–Trinajstić information content (AvgIpc) is 1.59. The fourth-order valence-electron chi connectivity index (χ4n) is 13.0. The highest BCUT2D eigenvalue weighted by atomic mass is 35.5. The third-order valence-corrected chi connectivity index (χ3v) is 21.8. The highest BCUT2D eigenvalue weighted by molar-refractivity contribution is 7.90. The Kier molecular flexibility index (Phi) is 25.1. The third kappa shape index (κ3) is 16.3. The van der Waals surface area contributed by atoms with E-state index in [9.17, 15) is 26.4 Å². The first-order chi connectivity index (χ1) is 53.7. The summed E-state index contributed by atoms with van der Waals surface area (Å²) in [5, 5.41) is 9.05. The Morgan fingerprint density at radius 2 is 0.826 bits per heavy atom. The lowest BCUT2D eigenvalue weighted by Crippen LogP contribution is -2.20. The number of benzene rings is 7. The molecular weight excluding hydrogens is 1510 g/mol. The molecule has 20 rings (SSSR count). The van der Waals surface area contributed by atoms with Gasteiger partial charge < -0.3 is 42.1 Å². The molecule has 0 aliphatic rings. The zero-order valence-corrected chi connectivity index (χ0v) is 60.9. The van der Waals surface area contributed by atoms with E-state index in [-0.39, 0.29) is 70.8 Å². The maximum absolute atomic E-state index is 13.5. The van der Waals surface area contributed by atoms with Gasteiger partial charge >= 0.3 is 11.9 Å². The summed E-state index contributed by atoms with van der Waals surface area (Å²) in [6.45, 7) is 3.88. The lowest BCUT2D eigenvalue weighted by molar-refractivity contribution is 0.0510. The minimum Gasteiger partial charge on any atom is -0.461 e. The van der Waals surface area contributed by atoms with Gasteiger partial charge in [0.25, 0.3) is 20.0 Å². The number of para-hydroxylation sites is 4. The van der Waals surface area contributed by atoms with Gasteiger partial charge in [0.1, 0.15) is 68.1 Å². The molecule has 13 aromatic heterocycles. The van der Waals surface area contributed by atoms with E-state index in [1.165, 1.54) is 34.6 Å². The van der Waals surface area contributed by atoms with E-state index in [1.54, 1.807) is 99.2 Å². The molecule has 0 amide bonds. The molecule has 0 bridgehead atoms. The summed E-state index contributed by atoms with van der Waals surface area (Å²) < 4.78 is 89.1. The van der Waals surface area contributed by atoms with Gasteiger partial charge in [0.15, 0.2) is 11.3 Å². The van der Waals surface area contributed by atoms with Crippen molar-refractivity contribution in [2.75, 3.05) is 13.2 Å². The molecule has 3 N–H and O–H groups in total. The van der Waals surface area contributed by atoms with Crippen molar-refractivity contribution >= 4 is 142 Å². The largest absolute Gasteiger partial charge is 0.461 e. The molecule has 24 heteroatoms.